The predicted molar refractivity (Wildman–Crippen MR) is 293 cm³/mol. The predicted octanol–water partition coefficient (Wildman–Crippen LogP) is 4.82. The van der Waals surface area contributed by atoms with Gasteiger partial charge in [0.05, 0.1) is 89.2 Å². The van der Waals surface area contributed by atoms with Crippen LogP contribution in [0.3, 0.4) is 0 Å². The summed E-state index contributed by atoms with van der Waals surface area (Å²) in [5, 5.41) is 12.5. The van der Waals surface area contributed by atoms with Crippen molar-refractivity contribution in [2.45, 2.75) is 32.6 Å². The lowest BCUT2D eigenvalue weighted by Crippen LogP contribution is -2.41. The van der Waals surface area contributed by atoms with Crippen molar-refractivity contribution in [3.05, 3.63) is 87.8 Å². The Kier molecular flexibility index (Phi) is 44.6. The zero-order valence-corrected chi connectivity index (χ0v) is 47.4. The average Bonchev–Trinajstić information content (AvgIpc) is 3.41. The number of ether oxygens (including phenoxy) is 4. The lowest BCUT2D eigenvalue weighted by atomic mass is 10.2. The van der Waals surface area contributed by atoms with E-state index in [0.717, 1.165) is 70.9 Å². The summed E-state index contributed by atoms with van der Waals surface area (Å²) in [6.07, 6.45) is 15.2. The number of morpholine rings is 3. The Morgan fingerprint density at radius 2 is 1.03 bits per heavy atom. The number of aromatic carboxylic acids is 1. The molecule has 0 aromatic carbocycles. The Bertz CT molecular complexity index is 2110. The van der Waals surface area contributed by atoms with Crippen LogP contribution in [0, 0.1) is 0 Å². The van der Waals surface area contributed by atoms with Crippen molar-refractivity contribution >= 4 is 136 Å². The standard InChI is InChI=1S/C14H22N4O2.C9H10ClN3O2.C5H2Cl2N2O.C5H3ClN2O2.C4H9NO.C4H11NO.C2Cl2O2.2H2S/c1-2-3-4-5-15-13-11-16-12(10-17-13)14(19)18-6-8-20-9-7-18;10-8-6-11-7(5-12-8)9(14)13-1-3-15-4-2-13;6-4-2-8-3(1-9-4)5(7)10;6-4-2-7-3(1-8-4)5(9)10;1-3-6-4-2-5-1;1-6-4-2-3-5;3-1(5)2(4)6;;/h10-11H,2-9H2,1H3,(H,15,17);5-6H,1-4H2;1-2H;1-2H,(H,9,10);5H,1-4H2;2-5H2,1H3;;2*1H2. The van der Waals surface area contributed by atoms with Crippen molar-refractivity contribution in [1.29, 1.82) is 0 Å². The van der Waals surface area contributed by atoms with E-state index >= 15 is 0 Å². The third kappa shape index (κ3) is 35.7. The number of carboxylic acids is 1. The maximum absolute atomic E-state index is 12.2. The molecule has 7 rings (SSSR count). The molecule has 0 bridgehead atoms. The number of rotatable bonds is 13. The highest BCUT2D eigenvalue weighted by Crippen LogP contribution is 2.09. The molecule has 75 heavy (non-hydrogen) atoms. The first-order chi connectivity index (χ1) is 35.0. The van der Waals surface area contributed by atoms with Gasteiger partial charge >= 0.3 is 16.5 Å². The molecule has 32 heteroatoms. The summed E-state index contributed by atoms with van der Waals surface area (Å²) in [5.41, 5.74) is 5.85. The fraction of sp³-hybridized carbons (Fsp3) is 0.488. The largest absolute Gasteiger partial charge is 0.476 e. The summed E-state index contributed by atoms with van der Waals surface area (Å²) in [4.78, 5) is 97.2. The highest BCUT2D eigenvalue weighted by atomic mass is 35.5. The number of halogens is 6. The smallest absolute Gasteiger partial charge is 0.356 e. The van der Waals surface area contributed by atoms with Gasteiger partial charge in [-0.25, -0.2) is 44.7 Å². The first-order valence-electron chi connectivity index (χ1n) is 22.1. The average molecular weight is 1210 g/mol. The first-order valence-corrected chi connectivity index (χ1v) is 24.3. The van der Waals surface area contributed by atoms with E-state index in [4.69, 9.17) is 76.2 Å². The maximum Gasteiger partial charge on any atom is 0.356 e. The van der Waals surface area contributed by atoms with Gasteiger partial charge in [0.25, 0.3) is 17.1 Å². The molecule has 2 amide bonds. The Labute approximate surface area is 478 Å². The minimum atomic E-state index is -1.14. The number of unbranched alkanes of at least 4 members (excludes halogenated alkanes) is 2. The summed E-state index contributed by atoms with van der Waals surface area (Å²) in [6, 6.07) is 0. The van der Waals surface area contributed by atoms with Gasteiger partial charge < -0.3 is 50.2 Å². The molecule has 0 spiro atoms. The van der Waals surface area contributed by atoms with Crippen LogP contribution in [0.1, 0.15) is 74.6 Å². The number of carboxylic acid groups (broad SMARTS) is 1. The lowest BCUT2D eigenvalue weighted by molar-refractivity contribution is -0.127. The number of carbonyl (C=O) groups is 6. The van der Waals surface area contributed by atoms with E-state index in [9.17, 15) is 28.8 Å². The number of hydrogen-bond acceptors (Lipinski definition) is 21. The van der Waals surface area contributed by atoms with Crippen molar-refractivity contribution in [2.75, 3.05) is 111 Å². The van der Waals surface area contributed by atoms with E-state index < -0.39 is 21.7 Å². The van der Waals surface area contributed by atoms with Crippen molar-refractivity contribution in [3.8, 4) is 0 Å². The number of carbonyl (C=O) groups excluding carboxylic acids is 5. The highest BCUT2D eigenvalue weighted by molar-refractivity contribution is 7.59. The van der Waals surface area contributed by atoms with Gasteiger partial charge in [-0.05, 0) is 54.2 Å². The van der Waals surface area contributed by atoms with Gasteiger partial charge in [-0.2, -0.15) is 27.0 Å². The Balaban J connectivity index is 0. The van der Waals surface area contributed by atoms with E-state index in [-0.39, 0.29) is 65.7 Å². The minimum Gasteiger partial charge on any atom is -0.476 e. The van der Waals surface area contributed by atoms with Crippen LogP contribution >= 0.6 is 96.6 Å². The molecule has 3 fully saturated rings. The molecule has 24 nitrogen and oxygen atoms in total. The van der Waals surface area contributed by atoms with E-state index in [1.807, 2.05) is 0 Å². The van der Waals surface area contributed by atoms with Crippen LogP contribution in [-0.4, -0.2) is 194 Å². The maximum atomic E-state index is 12.2. The fourth-order valence-corrected chi connectivity index (χ4v) is 5.37. The van der Waals surface area contributed by atoms with Crippen molar-refractivity contribution in [2.24, 2.45) is 5.73 Å². The van der Waals surface area contributed by atoms with Crippen LogP contribution in [0.25, 0.3) is 0 Å². The molecule has 3 saturated heterocycles. The molecule has 0 saturated carbocycles. The number of amides is 2. The van der Waals surface area contributed by atoms with Crippen LogP contribution in [0.5, 0.6) is 0 Å². The first kappa shape index (κ1) is 72.8. The third-order valence-electron chi connectivity index (χ3n) is 8.61. The molecule has 0 aliphatic carbocycles. The fourth-order valence-electron chi connectivity index (χ4n) is 4.98. The Hall–Kier alpha value is -4.26. The molecule has 3 aliphatic rings. The quantitative estimate of drug-likeness (QED) is 0.0792. The van der Waals surface area contributed by atoms with Crippen LogP contribution in [-0.2, 0) is 28.5 Å². The lowest BCUT2D eigenvalue weighted by Gasteiger charge is -2.26. The molecule has 7 heterocycles. The van der Waals surface area contributed by atoms with Crippen molar-refractivity contribution < 1.29 is 52.8 Å². The molecular weight excluding hydrogens is 1150 g/mol. The minimum absolute atomic E-state index is 0. The number of nitrogens with zero attached hydrogens (tertiary/aromatic N) is 10. The van der Waals surface area contributed by atoms with Gasteiger partial charge in [0, 0.05) is 59.5 Å². The topological polar surface area (TPSA) is 319 Å². The van der Waals surface area contributed by atoms with Crippen molar-refractivity contribution in [1.82, 2.24) is 55.0 Å². The SMILES string of the molecule is C1COCCN1.CCCCCNc1cnc(C(=O)N2CCOCC2)cn1.COCCCN.O=C(Cl)C(=O)Cl.O=C(Cl)c1cnc(Cl)cn1.O=C(O)c1cnc(Cl)cn1.O=C(c1cnc(Cl)cn1)N1CCOCC1.S.S. The zero-order valence-electron chi connectivity index (χ0n) is 40.9. The van der Waals surface area contributed by atoms with Crippen LogP contribution < -0.4 is 16.4 Å². The van der Waals surface area contributed by atoms with E-state index in [0.29, 0.717) is 64.0 Å². The van der Waals surface area contributed by atoms with E-state index in [2.05, 4.69) is 80.6 Å². The molecule has 0 unspecified atom stereocenters. The molecular formula is C43H61Cl6N13O11S2. The van der Waals surface area contributed by atoms with E-state index in [1.54, 1.807) is 29.3 Å². The number of methoxy groups -OCH3 is 1. The number of aromatic nitrogens is 8. The molecule has 3 aliphatic heterocycles. The second-order valence-corrected chi connectivity index (χ2v) is 16.2. The number of nitrogens with two attached hydrogens (primary N) is 1. The van der Waals surface area contributed by atoms with Crippen LogP contribution in [0.15, 0.2) is 49.6 Å². The van der Waals surface area contributed by atoms with Crippen molar-refractivity contribution in [3.63, 3.8) is 0 Å². The highest BCUT2D eigenvalue weighted by Gasteiger charge is 2.21. The number of nitrogens with one attached hydrogen (secondary N) is 2. The van der Waals surface area contributed by atoms with Crippen LogP contribution in [0.2, 0.25) is 15.5 Å². The van der Waals surface area contributed by atoms with E-state index in [1.165, 1.54) is 43.8 Å². The zero-order chi connectivity index (χ0) is 54.2. The molecule has 0 atom stereocenters. The van der Waals surface area contributed by atoms with Gasteiger partial charge in [-0.3, -0.25) is 24.0 Å². The summed E-state index contributed by atoms with van der Waals surface area (Å²) < 4.78 is 20.1. The van der Waals surface area contributed by atoms with Crippen LogP contribution in [0.4, 0.5) is 5.82 Å². The normalized spacial score (nSPS) is 13.1. The van der Waals surface area contributed by atoms with Gasteiger partial charge in [0.15, 0.2) is 5.69 Å². The summed E-state index contributed by atoms with van der Waals surface area (Å²) in [6.45, 7) is 13.2. The van der Waals surface area contributed by atoms with Gasteiger partial charge in [0.1, 0.15) is 38.4 Å². The summed E-state index contributed by atoms with van der Waals surface area (Å²) in [7, 11) is 1.68. The van der Waals surface area contributed by atoms with Gasteiger partial charge in [-0.1, -0.05) is 54.6 Å². The number of anilines is 1. The molecule has 4 aromatic heterocycles. The monoisotopic (exact) mass is 1210 g/mol. The Morgan fingerprint density at radius 1 is 0.613 bits per heavy atom. The molecule has 4 aromatic rings. The molecule has 418 valence electrons. The third-order valence-corrected chi connectivity index (χ3v) is 9.83. The molecule has 5 N–H and O–H groups in total. The number of hydrogen-bond donors (Lipinski definition) is 4. The summed E-state index contributed by atoms with van der Waals surface area (Å²) >= 11 is 30.4. The Morgan fingerprint density at radius 3 is 1.32 bits per heavy atom. The second-order valence-electron chi connectivity index (χ2n) is 14.0. The van der Waals surface area contributed by atoms with Gasteiger partial charge in [0.2, 0.25) is 0 Å². The second kappa shape index (κ2) is 45.9. The van der Waals surface area contributed by atoms with Gasteiger partial charge in [-0.15, -0.1) is 0 Å². The molecule has 0 radical (unpaired) electrons. The summed E-state index contributed by atoms with van der Waals surface area (Å²) in [5.74, 6) is -0.579.